The van der Waals surface area contributed by atoms with Crippen LogP contribution in [-0.4, -0.2) is 43.6 Å². The molecule has 0 atom stereocenters. The standard InChI is InChI=1S/C23H19F6N7.Pt/c1-21(2,15-6-5-7-19(30-15)35-10-8-16(32-35)22(24,25)26)18-12-14(34(3)4)13-20(31-18)36-11-9-17(33-36)23(27,28)29;/h5-9,12-13H,1-4H3;/q-2;+2. The molecule has 0 aromatic carbocycles. The van der Waals surface area contributed by atoms with Gasteiger partial charge < -0.3 is 14.3 Å². The first-order valence-corrected chi connectivity index (χ1v) is 10.4. The number of hydrogen-bond donors (Lipinski definition) is 0. The first-order chi connectivity index (χ1) is 16.7. The van der Waals surface area contributed by atoms with Crippen molar-refractivity contribution in [3.63, 3.8) is 0 Å². The summed E-state index contributed by atoms with van der Waals surface area (Å²) in [5, 5.41) is 7.06. The summed E-state index contributed by atoms with van der Waals surface area (Å²) < 4.78 is 79.8. The van der Waals surface area contributed by atoms with Gasteiger partial charge in [-0.05, 0) is 26.0 Å². The Morgan fingerprint density at radius 3 is 1.73 bits per heavy atom. The van der Waals surface area contributed by atoms with Crippen molar-refractivity contribution in [1.82, 2.24) is 29.5 Å². The van der Waals surface area contributed by atoms with Gasteiger partial charge in [-0.25, -0.2) is 0 Å². The molecule has 4 heterocycles. The van der Waals surface area contributed by atoms with E-state index in [0.717, 1.165) is 21.5 Å². The molecule has 0 spiro atoms. The Morgan fingerprint density at radius 2 is 1.24 bits per heavy atom. The van der Waals surface area contributed by atoms with E-state index in [4.69, 9.17) is 0 Å². The molecule has 37 heavy (non-hydrogen) atoms. The smallest absolute Gasteiger partial charge is 0.378 e. The molecule has 0 radical (unpaired) electrons. The van der Waals surface area contributed by atoms with E-state index in [1.807, 2.05) is 0 Å². The molecule has 198 valence electrons. The maximum atomic E-state index is 13.1. The molecule has 4 aromatic rings. The van der Waals surface area contributed by atoms with Crippen LogP contribution >= 0.6 is 0 Å². The molecule has 4 rings (SSSR count). The number of pyridine rings is 2. The van der Waals surface area contributed by atoms with Gasteiger partial charge in [-0.2, -0.15) is 26.3 Å². The summed E-state index contributed by atoms with van der Waals surface area (Å²) in [6, 6.07) is 9.52. The molecule has 0 saturated heterocycles. The van der Waals surface area contributed by atoms with Gasteiger partial charge in [0.2, 0.25) is 0 Å². The summed E-state index contributed by atoms with van der Waals surface area (Å²) in [5.74, 6) is 0.210. The van der Waals surface area contributed by atoms with Crippen LogP contribution in [0.1, 0.15) is 36.6 Å². The summed E-state index contributed by atoms with van der Waals surface area (Å²) in [4.78, 5) is 10.7. The van der Waals surface area contributed by atoms with Gasteiger partial charge in [-0.1, -0.05) is 30.6 Å². The SMILES string of the molecule is CN(C)c1cc(-n2[c-]cc(C(F)(F)F)n2)nc(C(C)(C)c2cccc(-n3[c-]cc(C(F)(F)F)n3)n2)c1.[Pt+2]. The number of rotatable bonds is 5. The molecule has 0 fully saturated rings. The van der Waals surface area contributed by atoms with Crippen molar-refractivity contribution < 1.29 is 47.4 Å². The second-order valence-corrected chi connectivity index (χ2v) is 8.61. The molecular formula is C23H19F6N7Pt. The fourth-order valence-corrected chi connectivity index (χ4v) is 3.30. The fourth-order valence-electron chi connectivity index (χ4n) is 3.30. The summed E-state index contributed by atoms with van der Waals surface area (Å²) in [7, 11) is 3.52. The maximum Gasteiger partial charge on any atom is 2.00 e. The van der Waals surface area contributed by atoms with E-state index in [2.05, 4.69) is 32.6 Å². The molecule has 4 aromatic heterocycles. The molecular weight excluding hydrogens is 683 g/mol. The monoisotopic (exact) mass is 702 g/mol. The van der Waals surface area contributed by atoms with Gasteiger partial charge in [0, 0.05) is 36.6 Å². The molecule has 0 amide bonds. The van der Waals surface area contributed by atoms with Gasteiger partial charge in [-0.15, -0.1) is 12.1 Å². The van der Waals surface area contributed by atoms with Crippen molar-refractivity contribution in [3.8, 4) is 11.6 Å². The topological polar surface area (TPSA) is 64.7 Å². The van der Waals surface area contributed by atoms with Crippen molar-refractivity contribution >= 4 is 5.69 Å². The second kappa shape index (κ2) is 9.92. The summed E-state index contributed by atoms with van der Waals surface area (Å²) in [6.45, 7) is 3.57. The van der Waals surface area contributed by atoms with E-state index in [1.54, 1.807) is 57.1 Å². The summed E-state index contributed by atoms with van der Waals surface area (Å²) in [6.07, 6.45) is -4.41. The van der Waals surface area contributed by atoms with Crippen molar-refractivity contribution in [2.45, 2.75) is 31.6 Å². The Labute approximate surface area is 222 Å². The van der Waals surface area contributed by atoms with E-state index in [-0.39, 0.29) is 32.7 Å². The zero-order chi connectivity index (χ0) is 26.5. The predicted octanol–water partition coefficient (Wildman–Crippen LogP) is 4.88. The van der Waals surface area contributed by atoms with Crippen LogP contribution in [-0.2, 0) is 38.8 Å². The molecule has 0 unspecified atom stereocenters. The molecule has 0 aliphatic rings. The number of aromatic nitrogens is 6. The van der Waals surface area contributed by atoms with Crippen LogP contribution in [0.15, 0.2) is 42.5 Å². The van der Waals surface area contributed by atoms with E-state index >= 15 is 0 Å². The minimum absolute atomic E-state index is 0. The van der Waals surface area contributed by atoms with Gasteiger partial charge in [-0.3, -0.25) is 20.2 Å². The van der Waals surface area contributed by atoms with Gasteiger partial charge in [0.25, 0.3) is 0 Å². The zero-order valence-electron chi connectivity index (χ0n) is 19.8. The van der Waals surface area contributed by atoms with Gasteiger partial charge in [0.05, 0.1) is 23.0 Å². The quantitative estimate of drug-likeness (QED) is 0.220. The van der Waals surface area contributed by atoms with Gasteiger partial charge in [0.15, 0.2) is 0 Å². The molecule has 0 aliphatic heterocycles. The van der Waals surface area contributed by atoms with Crippen LogP contribution < -0.4 is 4.90 Å². The van der Waals surface area contributed by atoms with Gasteiger partial charge in [0.1, 0.15) is 0 Å². The summed E-state index contributed by atoms with van der Waals surface area (Å²) in [5.41, 5.74) is -1.63. The molecule has 0 saturated carbocycles. The van der Waals surface area contributed by atoms with Gasteiger partial charge >= 0.3 is 33.4 Å². The van der Waals surface area contributed by atoms with Crippen LogP contribution in [0.5, 0.6) is 0 Å². The number of halogens is 6. The first kappa shape index (κ1) is 28.4. The van der Waals surface area contributed by atoms with E-state index in [1.165, 1.54) is 6.07 Å². The third kappa shape index (κ3) is 5.87. The van der Waals surface area contributed by atoms with Crippen LogP contribution in [0.2, 0.25) is 0 Å². The number of alkyl halides is 6. The molecule has 0 aliphatic carbocycles. The molecule has 7 nitrogen and oxygen atoms in total. The predicted molar refractivity (Wildman–Crippen MR) is 117 cm³/mol. The Hall–Kier alpha value is -3.21. The van der Waals surface area contributed by atoms with Crippen molar-refractivity contribution in [2.24, 2.45) is 0 Å². The molecule has 0 N–H and O–H groups in total. The zero-order valence-corrected chi connectivity index (χ0v) is 22.0. The Bertz CT molecular complexity index is 1390. The van der Waals surface area contributed by atoms with Crippen molar-refractivity contribution in [3.05, 3.63) is 77.6 Å². The number of anilines is 1. The third-order valence-electron chi connectivity index (χ3n) is 5.41. The van der Waals surface area contributed by atoms with Crippen LogP contribution in [0.25, 0.3) is 11.6 Å². The second-order valence-electron chi connectivity index (χ2n) is 8.61. The average Bonchev–Trinajstić information content (AvgIpc) is 3.49. The number of hydrogen-bond acceptors (Lipinski definition) is 5. The number of nitrogens with zero attached hydrogens (tertiary/aromatic N) is 7. The van der Waals surface area contributed by atoms with E-state index in [9.17, 15) is 26.3 Å². The Kier molecular flexibility index (Phi) is 7.60. The van der Waals surface area contributed by atoms with Crippen LogP contribution in [0.3, 0.4) is 0 Å². The fraction of sp³-hybridized carbons (Fsp3) is 0.304. The Balaban J connectivity index is 0.00000380. The van der Waals surface area contributed by atoms with Crippen molar-refractivity contribution in [2.75, 3.05) is 19.0 Å². The minimum atomic E-state index is -4.64. The van der Waals surface area contributed by atoms with Crippen molar-refractivity contribution in [1.29, 1.82) is 0 Å². The van der Waals surface area contributed by atoms with Crippen LogP contribution in [0, 0.1) is 12.4 Å². The molecule has 0 bridgehead atoms. The molecule has 14 heteroatoms. The average molecular weight is 703 g/mol. The normalized spacial score (nSPS) is 12.4. The third-order valence-corrected chi connectivity index (χ3v) is 5.41. The Morgan fingerprint density at radius 1 is 0.730 bits per heavy atom. The van der Waals surface area contributed by atoms with E-state index < -0.39 is 29.2 Å². The maximum absolute atomic E-state index is 13.1. The largest absolute Gasteiger partial charge is 2.00 e. The minimum Gasteiger partial charge on any atom is -0.378 e. The summed E-state index contributed by atoms with van der Waals surface area (Å²) >= 11 is 0. The first-order valence-electron chi connectivity index (χ1n) is 10.4. The van der Waals surface area contributed by atoms with Crippen LogP contribution in [0.4, 0.5) is 32.0 Å². The van der Waals surface area contributed by atoms with E-state index in [0.29, 0.717) is 17.1 Å².